The molecule has 0 saturated carbocycles. The second kappa shape index (κ2) is 6.24. The van der Waals surface area contributed by atoms with E-state index in [0.717, 1.165) is 0 Å². The molecule has 0 aromatic heterocycles. The molecule has 1 aromatic carbocycles. The summed E-state index contributed by atoms with van der Waals surface area (Å²) in [4.78, 5) is 0. The SMILES string of the molecule is CC(CC1CCCN1)Nc1cccc(C(C)C)c1. The van der Waals surface area contributed by atoms with Crippen molar-refractivity contribution >= 4 is 5.69 Å². The highest BCUT2D eigenvalue weighted by molar-refractivity contribution is 5.47. The normalized spacial score (nSPS) is 21.2. The number of rotatable bonds is 5. The zero-order chi connectivity index (χ0) is 13.0. The summed E-state index contributed by atoms with van der Waals surface area (Å²) in [5.41, 5.74) is 2.66. The number of benzene rings is 1. The molecule has 18 heavy (non-hydrogen) atoms. The molecule has 0 aliphatic carbocycles. The summed E-state index contributed by atoms with van der Waals surface area (Å²) in [5.74, 6) is 0.596. The van der Waals surface area contributed by atoms with Crippen LogP contribution in [0, 0.1) is 0 Å². The first-order valence-electron chi connectivity index (χ1n) is 7.25. The van der Waals surface area contributed by atoms with Crippen LogP contribution in [0.25, 0.3) is 0 Å². The van der Waals surface area contributed by atoms with Gasteiger partial charge in [-0.25, -0.2) is 0 Å². The molecule has 0 radical (unpaired) electrons. The third-order valence-electron chi connectivity index (χ3n) is 3.77. The van der Waals surface area contributed by atoms with Gasteiger partial charge in [0, 0.05) is 17.8 Å². The first kappa shape index (κ1) is 13.4. The van der Waals surface area contributed by atoms with E-state index in [4.69, 9.17) is 0 Å². The highest BCUT2D eigenvalue weighted by Gasteiger charge is 2.16. The van der Waals surface area contributed by atoms with Crippen LogP contribution in [0.3, 0.4) is 0 Å². The molecular weight excluding hydrogens is 220 g/mol. The van der Waals surface area contributed by atoms with Crippen molar-refractivity contribution in [3.05, 3.63) is 29.8 Å². The summed E-state index contributed by atoms with van der Waals surface area (Å²) in [6, 6.07) is 10.1. The monoisotopic (exact) mass is 246 g/mol. The molecule has 2 rings (SSSR count). The van der Waals surface area contributed by atoms with Gasteiger partial charge in [-0.1, -0.05) is 26.0 Å². The van der Waals surface area contributed by atoms with Gasteiger partial charge in [-0.2, -0.15) is 0 Å². The minimum absolute atomic E-state index is 0.531. The highest BCUT2D eigenvalue weighted by Crippen LogP contribution is 2.20. The lowest BCUT2D eigenvalue weighted by atomic mass is 10.0. The van der Waals surface area contributed by atoms with Gasteiger partial charge in [0.15, 0.2) is 0 Å². The summed E-state index contributed by atoms with van der Waals surface area (Å²) in [6.07, 6.45) is 3.88. The van der Waals surface area contributed by atoms with E-state index >= 15 is 0 Å². The maximum atomic E-state index is 3.62. The maximum Gasteiger partial charge on any atom is 0.0345 e. The van der Waals surface area contributed by atoms with Crippen LogP contribution < -0.4 is 10.6 Å². The lowest BCUT2D eigenvalue weighted by Crippen LogP contribution is -2.29. The maximum absolute atomic E-state index is 3.62. The summed E-state index contributed by atoms with van der Waals surface area (Å²) < 4.78 is 0. The first-order valence-corrected chi connectivity index (χ1v) is 7.25. The van der Waals surface area contributed by atoms with Crippen LogP contribution in [0.15, 0.2) is 24.3 Å². The molecule has 0 spiro atoms. The van der Waals surface area contributed by atoms with Crippen LogP contribution >= 0.6 is 0 Å². The van der Waals surface area contributed by atoms with Crippen molar-refractivity contribution in [2.75, 3.05) is 11.9 Å². The van der Waals surface area contributed by atoms with E-state index in [-0.39, 0.29) is 0 Å². The van der Waals surface area contributed by atoms with Crippen molar-refractivity contribution in [2.24, 2.45) is 0 Å². The number of hydrogen-bond acceptors (Lipinski definition) is 2. The quantitative estimate of drug-likeness (QED) is 0.826. The van der Waals surface area contributed by atoms with Gasteiger partial charge in [0.2, 0.25) is 0 Å². The van der Waals surface area contributed by atoms with Gasteiger partial charge >= 0.3 is 0 Å². The minimum atomic E-state index is 0.531. The average Bonchev–Trinajstić information content (AvgIpc) is 2.82. The van der Waals surface area contributed by atoms with Gasteiger partial charge in [0.25, 0.3) is 0 Å². The summed E-state index contributed by atoms with van der Waals surface area (Å²) in [7, 11) is 0. The number of hydrogen-bond donors (Lipinski definition) is 2. The smallest absolute Gasteiger partial charge is 0.0345 e. The Morgan fingerprint density at radius 2 is 2.17 bits per heavy atom. The summed E-state index contributed by atoms with van der Waals surface area (Å²) in [6.45, 7) is 7.96. The van der Waals surface area contributed by atoms with Crippen LogP contribution in [0.1, 0.15) is 51.5 Å². The van der Waals surface area contributed by atoms with Crippen molar-refractivity contribution in [2.45, 2.75) is 58.0 Å². The third kappa shape index (κ3) is 3.74. The van der Waals surface area contributed by atoms with Crippen LogP contribution in [0.4, 0.5) is 5.69 Å². The van der Waals surface area contributed by atoms with Gasteiger partial charge in [-0.05, 0) is 56.3 Å². The minimum Gasteiger partial charge on any atom is -0.383 e. The molecule has 2 unspecified atom stereocenters. The fraction of sp³-hybridized carbons (Fsp3) is 0.625. The third-order valence-corrected chi connectivity index (χ3v) is 3.77. The van der Waals surface area contributed by atoms with Gasteiger partial charge in [0.05, 0.1) is 0 Å². The van der Waals surface area contributed by atoms with Crippen molar-refractivity contribution in [3.8, 4) is 0 Å². The summed E-state index contributed by atoms with van der Waals surface area (Å²) in [5, 5.41) is 7.19. The second-order valence-corrected chi connectivity index (χ2v) is 5.85. The van der Waals surface area contributed by atoms with Crippen molar-refractivity contribution in [3.63, 3.8) is 0 Å². The highest BCUT2D eigenvalue weighted by atomic mass is 15.0. The molecule has 2 N–H and O–H groups in total. The van der Waals surface area contributed by atoms with Crippen LogP contribution in [-0.2, 0) is 0 Å². The Labute approximate surface area is 111 Å². The molecule has 2 nitrogen and oxygen atoms in total. The standard InChI is InChI=1S/C16H26N2/c1-12(2)14-6-4-7-16(11-14)18-13(3)10-15-8-5-9-17-15/h4,6-7,11-13,15,17-18H,5,8-10H2,1-3H3. The zero-order valence-electron chi connectivity index (χ0n) is 11.9. The van der Waals surface area contributed by atoms with Crippen LogP contribution in [0.2, 0.25) is 0 Å². The second-order valence-electron chi connectivity index (χ2n) is 5.85. The molecule has 1 saturated heterocycles. The Morgan fingerprint density at radius 3 is 2.83 bits per heavy atom. The van der Waals surface area contributed by atoms with E-state index in [9.17, 15) is 0 Å². The lowest BCUT2D eigenvalue weighted by Gasteiger charge is -2.20. The molecule has 1 aliphatic rings. The molecule has 1 heterocycles. The predicted octanol–water partition coefficient (Wildman–Crippen LogP) is 3.75. The molecule has 0 amide bonds. The molecule has 100 valence electrons. The molecule has 2 heteroatoms. The Balaban J connectivity index is 1.89. The largest absolute Gasteiger partial charge is 0.383 e. The Kier molecular flexibility index (Phi) is 4.65. The van der Waals surface area contributed by atoms with Crippen LogP contribution in [0.5, 0.6) is 0 Å². The van der Waals surface area contributed by atoms with E-state index in [1.165, 1.54) is 37.1 Å². The van der Waals surface area contributed by atoms with Gasteiger partial charge in [-0.3, -0.25) is 0 Å². The number of anilines is 1. The molecule has 1 aliphatic heterocycles. The summed E-state index contributed by atoms with van der Waals surface area (Å²) >= 11 is 0. The molecule has 2 atom stereocenters. The van der Waals surface area contributed by atoms with Crippen molar-refractivity contribution < 1.29 is 0 Å². The van der Waals surface area contributed by atoms with Gasteiger partial charge in [-0.15, -0.1) is 0 Å². The molecular formula is C16H26N2. The predicted molar refractivity (Wildman–Crippen MR) is 79.3 cm³/mol. The molecule has 1 fully saturated rings. The fourth-order valence-corrected chi connectivity index (χ4v) is 2.72. The van der Waals surface area contributed by atoms with E-state index in [1.807, 2.05) is 0 Å². The molecule has 1 aromatic rings. The Morgan fingerprint density at radius 1 is 1.33 bits per heavy atom. The van der Waals surface area contributed by atoms with E-state index in [1.54, 1.807) is 0 Å². The fourth-order valence-electron chi connectivity index (χ4n) is 2.72. The van der Waals surface area contributed by atoms with E-state index in [0.29, 0.717) is 18.0 Å². The Hall–Kier alpha value is -1.02. The van der Waals surface area contributed by atoms with E-state index in [2.05, 4.69) is 55.7 Å². The van der Waals surface area contributed by atoms with E-state index < -0.39 is 0 Å². The lowest BCUT2D eigenvalue weighted by molar-refractivity contribution is 0.523. The topological polar surface area (TPSA) is 24.1 Å². The van der Waals surface area contributed by atoms with Crippen molar-refractivity contribution in [1.82, 2.24) is 5.32 Å². The van der Waals surface area contributed by atoms with Gasteiger partial charge in [0.1, 0.15) is 0 Å². The van der Waals surface area contributed by atoms with Crippen molar-refractivity contribution in [1.29, 1.82) is 0 Å². The number of nitrogens with one attached hydrogen (secondary N) is 2. The first-order chi connectivity index (χ1) is 8.65. The zero-order valence-corrected chi connectivity index (χ0v) is 11.9. The Bertz CT molecular complexity index is 367. The average molecular weight is 246 g/mol. The molecule has 0 bridgehead atoms. The van der Waals surface area contributed by atoms with Crippen LogP contribution in [-0.4, -0.2) is 18.6 Å². The van der Waals surface area contributed by atoms with Gasteiger partial charge < -0.3 is 10.6 Å².